The maximum Gasteiger partial charge on any atom is 0.231 e. The van der Waals surface area contributed by atoms with Crippen molar-refractivity contribution >= 4 is 28.2 Å². The highest BCUT2D eigenvalue weighted by Crippen LogP contribution is 2.63. The number of aliphatic hydroxyl groups is 2. The molecule has 1 aliphatic heterocycles. The molecule has 4 aromatic carbocycles. The molecule has 0 saturated heterocycles. The van der Waals surface area contributed by atoms with E-state index in [4.69, 9.17) is 24.2 Å². The smallest absolute Gasteiger partial charge is 0.231 e. The van der Waals surface area contributed by atoms with Crippen molar-refractivity contribution in [1.29, 1.82) is 0 Å². The Kier molecular flexibility index (Phi) is 13.7. The van der Waals surface area contributed by atoms with Gasteiger partial charge in [0.25, 0.3) is 0 Å². The van der Waals surface area contributed by atoms with Crippen molar-refractivity contribution in [2.24, 2.45) is 22.9 Å². The fraction of sp³-hybridized carbons (Fsp3) is 0.373. The summed E-state index contributed by atoms with van der Waals surface area (Å²) in [6.07, 6.45) is 9.86. The zero-order valence-electron chi connectivity index (χ0n) is 34.5. The molecular weight excluding hydrogens is 769 g/mol. The monoisotopic (exact) mass is 824 g/mol. The normalized spacial score (nSPS) is 23.6. The van der Waals surface area contributed by atoms with Crippen LogP contribution in [0.15, 0.2) is 144 Å². The Hall–Kier alpha value is -4.93. The van der Waals surface area contributed by atoms with Crippen LogP contribution in [-0.4, -0.2) is 51.8 Å². The van der Waals surface area contributed by atoms with E-state index in [0.29, 0.717) is 26.2 Å². The van der Waals surface area contributed by atoms with Crippen LogP contribution in [-0.2, 0) is 22.8 Å². The van der Waals surface area contributed by atoms with Crippen molar-refractivity contribution in [2.45, 2.75) is 86.9 Å². The van der Waals surface area contributed by atoms with Gasteiger partial charge in [-0.1, -0.05) is 96.9 Å². The highest BCUT2D eigenvalue weighted by molar-refractivity contribution is 8.00. The second-order valence-corrected chi connectivity index (χ2v) is 17.5. The van der Waals surface area contributed by atoms with Crippen molar-refractivity contribution in [2.75, 3.05) is 19.8 Å². The predicted octanol–water partition coefficient (Wildman–Crippen LogP) is 10.7. The van der Waals surface area contributed by atoms with Crippen molar-refractivity contribution in [3.8, 4) is 11.5 Å². The molecule has 0 radical (unpaired) electrons. The summed E-state index contributed by atoms with van der Waals surface area (Å²) in [6, 6.07) is 37.4. The number of benzene rings is 4. The van der Waals surface area contributed by atoms with Crippen LogP contribution in [0.25, 0.3) is 10.8 Å². The van der Waals surface area contributed by atoms with Gasteiger partial charge in [0.1, 0.15) is 24.7 Å². The minimum atomic E-state index is -1.09. The lowest BCUT2D eigenvalue weighted by atomic mass is 9.56. The number of allylic oxidation sites excluding steroid dienone is 1. The molecule has 2 heterocycles. The minimum absolute atomic E-state index is 0.0450. The van der Waals surface area contributed by atoms with Crippen molar-refractivity contribution < 1.29 is 29.3 Å². The number of oxime groups is 1. The van der Waals surface area contributed by atoms with Gasteiger partial charge in [0.05, 0.1) is 29.2 Å². The summed E-state index contributed by atoms with van der Waals surface area (Å²) in [4.78, 5) is 12.1. The maximum atomic E-state index is 10.00. The standard InChI is InChI=1S/C51H56N2O6S/c1-3-28-57-51-48(60-42-24-22-37-17-7-8-18-38(37)29-42)32-46(53-58-33-36-15-5-4-6-16-36)44-30-39(19-9-11-26-54)43(21-10-12-27-55)49(50(44)51)45-31-41(23-25-47(45)59-51)56-34-40-20-13-14-35(2)52-40/h3-8,13-18,20,22-25,29-31,39,43,48-50,54-55H,1,9-12,19,21,26-28,32-34H2,2H3/t39-,43+,48-,49+,50+,51+/m0/s1. The number of hydrogen-bond donors (Lipinski definition) is 2. The number of rotatable bonds is 19. The molecule has 312 valence electrons. The predicted molar refractivity (Wildman–Crippen MR) is 239 cm³/mol. The van der Waals surface area contributed by atoms with Gasteiger partial charge in [-0.05, 0) is 109 Å². The lowest BCUT2D eigenvalue weighted by Gasteiger charge is -2.58. The van der Waals surface area contributed by atoms with Gasteiger partial charge < -0.3 is 29.3 Å². The van der Waals surface area contributed by atoms with Crippen LogP contribution in [0.5, 0.6) is 11.5 Å². The van der Waals surface area contributed by atoms with E-state index in [1.54, 1.807) is 11.8 Å². The molecule has 1 fully saturated rings. The second-order valence-electron chi connectivity index (χ2n) is 16.2. The van der Waals surface area contributed by atoms with Gasteiger partial charge in [0.15, 0.2) is 0 Å². The van der Waals surface area contributed by atoms with Crippen LogP contribution >= 0.6 is 11.8 Å². The molecule has 9 heteroatoms. The van der Waals surface area contributed by atoms with Gasteiger partial charge in [-0.2, -0.15) is 0 Å². The van der Waals surface area contributed by atoms with Gasteiger partial charge in [0, 0.05) is 41.7 Å². The highest BCUT2D eigenvalue weighted by Gasteiger charge is 2.64. The van der Waals surface area contributed by atoms with Crippen LogP contribution in [0.4, 0.5) is 0 Å². The number of aliphatic hydroxyl groups excluding tert-OH is 2. The number of unbranched alkanes of at least 4 members (excludes halogenated alkanes) is 2. The number of pyridine rings is 1. The molecule has 0 spiro atoms. The van der Waals surface area contributed by atoms with Crippen LogP contribution in [0.1, 0.15) is 73.4 Å². The van der Waals surface area contributed by atoms with Crippen LogP contribution in [0, 0.1) is 24.7 Å². The topological polar surface area (TPSA) is 103 Å². The summed E-state index contributed by atoms with van der Waals surface area (Å²) >= 11 is 1.77. The van der Waals surface area contributed by atoms with Crippen molar-refractivity contribution in [3.05, 3.63) is 156 Å². The van der Waals surface area contributed by atoms with E-state index in [-0.39, 0.29) is 42.1 Å². The van der Waals surface area contributed by atoms with E-state index in [2.05, 4.69) is 84.4 Å². The summed E-state index contributed by atoms with van der Waals surface area (Å²) in [5, 5.41) is 27.1. The first kappa shape index (κ1) is 41.8. The first-order valence-corrected chi connectivity index (χ1v) is 22.3. The molecule has 1 aromatic heterocycles. The van der Waals surface area contributed by atoms with Crippen LogP contribution in [0.3, 0.4) is 0 Å². The summed E-state index contributed by atoms with van der Waals surface area (Å²) in [7, 11) is 0. The number of thioether (sulfide) groups is 1. The van der Waals surface area contributed by atoms with Crippen molar-refractivity contribution in [3.63, 3.8) is 0 Å². The Balaban J connectivity index is 1.28. The SMILES string of the molecule is C=CCO[C@@]12Oc3ccc(OCc4cccc(C)n4)cc3[C@H]3[C@H](CCCCO)[C@@H](CCCCO)C=C(C(=NOCc4ccccc4)C[C@@H]1Sc1ccc4ccccc4c1)[C@H]32. The lowest BCUT2D eigenvalue weighted by Crippen LogP contribution is -2.64. The Bertz CT molecular complexity index is 2300. The molecule has 0 amide bonds. The summed E-state index contributed by atoms with van der Waals surface area (Å²) in [5.41, 5.74) is 5.95. The zero-order valence-corrected chi connectivity index (χ0v) is 35.3. The number of ether oxygens (including phenoxy) is 3. The molecular formula is C51H56N2O6S. The number of aryl methyl sites for hydroxylation is 1. The van der Waals surface area contributed by atoms with E-state index in [1.165, 1.54) is 10.8 Å². The number of aromatic nitrogens is 1. The highest BCUT2D eigenvalue weighted by atomic mass is 32.2. The fourth-order valence-electron chi connectivity index (χ4n) is 9.52. The Morgan fingerprint density at radius 2 is 1.67 bits per heavy atom. The molecule has 1 saturated carbocycles. The van der Waals surface area contributed by atoms with E-state index in [0.717, 1.165) is 88.7 Å². The molecule has 60 heavy (non-hydrogen) atoms. The molecule has 8 nitrogen and oxygen atoms in total. The van der Waals surface area contributed by atoms with Gasteiger partial charge in [-0.25, -0.2) is 0 Å². The van der Waals surface area contributed by atoms with Crippen molar-refractivity contribution in [1.82, 2.24) is 4.98 Å². The number of nitrogens with zero attached hydrogens (tertiary/aromatic N) is 2. The first-order chi connectivity index (χ1) is 29.5. The molecule has 6 atom stereocenters. The number of fused-ring (bicyclic) bond motifs is 3. The molecule has 0 bridgehead atoms. The summed E-state index contributed by atoms with van der Waals surface area (Å²) < 4.78 is 21.1. The number of hydrogen-bond acceptors (Lipinski definition) is 9. The minimum Gasteiger partial charge on any atom is -0.487 e. The van der Waals surface area contributed by atoms with Gasteiger partial charge >= 0.3 is 0 Å². The van der Waals surface area contributed by atoms with Crippen LogP contribution in [0.2, 0.25) is 0 Å². The third-order valence-electron chi connectivity index (χ3n) is 12.2. The van der Waals surface area contributed by atoms with Gasteiger partial charge in [0.2, 0.25) is 5.79 Å². The largest absolute Gasteiger partial charge is 0.487 e. The van der Waals surface area contributed by atoms with E-state index < -0.39 is 5.79 Å². The molecule has 3 aliphatic rings. The quantitative estimate of drug-likeness (QED) is 0.0482. The average Bonchev–Trinajstić information content (AvgIpc) is 3.27. The Morgan fingerprint density at radius 3 is 2.47 bits per heavy atom. The molecule has 8 rings (SSSR count). The summed E-state index contributed by atoms with van der Waals surface area (Å²) in [6.45, 7) is 7.39. The van der Waals surface area contributed by atoms with E-state index in [9.17, 15) is 10.2 Å². The molecule has 5 aromatic rings. The lowest BCUT2D eigenvalue weighted by molar-refractivity contribution is -0.223. The van der Waals surface area contributed by atoms with Gasteiger partial charge in [-0.15, -0.1) is 18.3 Å². The van der Waals surface area contributed by atoms with Gasteiger partial charge in [-0.3, -0.25) is 4.98 Å². The average molecular weight is 825 g/mol. The Labute approximate surface area is 358 Å². The third kappa shape index (κ3) is 9.20. The summed E-state index contributed by atoms with van der Waals surface area (Å²) in [5.74, 6) is 0.511. The first-order valence-electron chi connectivity index (χ1n) is 21.4. The molecule has 2 aliphatic carbocycles. The van der Waals surface area contributed by atoms with E-state index >= 15 is 0 Å². The second kappa shape index (κ2) is 19.6. The molecule has 0 unspecified atom stereocenters. The van der Waals surface area contributed by atoms with E-state index in [1.807, 2.05) is 55.5 Å². The fourth-order valence-corrected chi connectivity index (χ4v) is 10.9. The third-order valence-corrected chi connectivity index (χ3v) is 13.5. The Morgan fingerprint density at radius 1 is 0.867 bits per heavy atom. The molecule has 2 N–H and O–H groups in total. The maximum absolute atomic E-state index is 10.00. The zero-order chi connectivity index (χ0) is 41.3. The van der Waals surface area contributed by atoms with Crippen LogP contribution < -0.4 is 9.47 Å².